The number of hydrazone groups is 2. The highest BCUT2D eigenvalue weighted by atomic mass is 16.6. The van der Waals surface area contributed by atoms with Crippen molar-refractivity contribution in [1.29, 1.82) is 0 Å². The van der Waals surface area contributed by atoms with E-state index in [4.69, 9.17) is 18.3 Å². The second-order valence-corrected chi connectivity index (χ2v) is 8.23. The Hall–Kier alpha value is -5.86. The molecule has 0 saturated heterocycles. The first kappa shape index (κ1) is 29.1. The molecule has 0 bridgehead atoms. The number of carbonyl (C=O) groups is 4. The first-order valence-corrected chi connectivity index (χ1v) is 12.0. The van der Waals surface area contributed by atoms with E-state index in [0.717, 1.165) is 0 Å². The molecular formula is C28H22N4O10. The number of carbonyl (C=O) groups excluding carboxylic acids is 4. The Morgan fingerprint density at radius 1 is 0.643 bits per heavy atom. The predicted molar refractivity (Wildman–Crippen MR) is 144 cm³/mol. The molecule has 0 radical (unpaired) electrons. The van der Waals surface area contributed by atoms with Gasteiger partial charge in [-0.2, -0.15) is 10.2 Å². The fourth-order valence-corrected chi connectivity index (χ4v) is 3.11. The van der Waals surface area contributed by atoms with Crippen LogP contribution < -0.4 is 20.3 Å². The van der Waals surface area contributed by atoms with Gasteiger partial charge < -0.3 is 28.5 Å². The van der Waals surface area contributed by atoms with E-state index >= 15 is 0 Å². The fraction of sp³-hybridized carbons (Fsp3) is 0.0714. The van der Waals surface area contributed by atoms with Crippen LogP contribution in [-0.2, 0) is 9.59 Å². The summed E-state index contributed by atoms with van der Waals surface area (Å²) in [7, 11) is 0. The zero-order valence-electron chi connectivity index (χ0n) is 21.4. The lowest BCUT2D eigenvalue weighted by atomic mass is 10.2. The normalized spacial score (nSPS) is 12.5. The zero-order valence-corrected chi connectivity index (χ0v) is 21.4. The van der Waals surface area contributed by atoms with Gasteiger partial charge in [0.05, 0.1) is 25.0 Å². The van der Waals surface area contributed by atoms with E-state index in [0.29, 0.717) is 11.1 Å². The van der Waals surface area contributed by atoms with Crippen LogP contribution in [-0.4, -0.2) is 58.6 Å². The lowest BCUT2D eigenvalue weighted by Crippen LogP contribution is -2.47. The van der Waals surface area contributed by atoms with E-state index in [9.17, 15) is 29.4 Å². The Labute approximate surface area is 236 Å². The highest BCUT2D eigenvalue weighted by Gasteiger charge is 2.30. The van der Waals surface area contributed by atoms with Gasteiger partial charge in [-0.05, 0) is 83.9 Å². The first-order valence-electron chi connectivity index (χ1n) is 12.0. The highest BCUT2D eigenvalue weighted by molar-refractivity contribution is 5.92. The van der Waals surface area contributed by atoms with Crippen molar-refractivity contribution >= 4 is 36.2 Å². The average molecular weight is 575 g/mol. The lowest BCUT2D eigenvalue weighted by Gasteiger charge is -2.14. The summed E-state index contributed by atoms with van der Waals surface area (Å²) in [4.78, 5) is 47.9. The molecule has 0 fully saturated rings. The molecule has 4 rings (SSSR count). The molecule has 0 spiro atoms. The Balaban J connectivity index is 1.19. The van der Waals surface area contributed by atoms with Crippen molar-refractivity contribution in [3.05, 3.63) is 108 Å². The Morgan fingerprint density at radius 3 is 1.36 bits per heavy atom. The van der Waals surface area contributed by atoms with Crippen LogP contribution >= 0.6 is 0 Å². The van der Waals surface area contributed by atoms with E-state index in [2.05, 4.69) is 10.2 Å². The Bertz CT molecular complexity index is 1440. The maximum absolute atomic E-state index is 12.1. The van der Waals surface area contributed by atoms with Gasteiger partial charge >= 0.3 is 11.9 Å². The van der Waals surface area contributed by atoms with Gasteiger partial charge in [0.2, 0.25) is 11.5 Å². The standard InChI is InChI=1S/C28H22N4O10/c33-23(25(35)31-29-15-17-5-9-19(10-6-17)41-27(37)21-3-1-13-39-21)24(34)26(36)32-30-16-18-7-11-20(12-8-18)42-28(38)22-4-2-14-40-22/h1-16,23-24,33-34H,(H,31,35)(H,32,36)/b29-15-,30-16-/t23-,24-/m0/s1. The van der Waals surface area contributed by atoms with Gasteiger partial charge in [0, 0.05) is 0 Å². The minimum absolute atomic E-state index is 0.0442. The molecule has 0 aliphatic heterocycles. The number of nitrogens with one attached hydrogen (secondary N) is 2. The molecule has 42 heavy (non-hydrogen) atoms. The predicted octanol–water partition coefficient (Wildman–Crippen LogP) is 1.63. The van der Waals surface area contributed by atoms with Crippen molar-refractivity contribution in [3.63, 3.8) is 0 Å². The third kappa shape index (κ3) is 8.08. The quantitative estimate of drug-likeness (QED) is 0.0882. The van der Waals surface area contributed by atoms with E-state index in [1.54, 1.807) is 12.1 Å². The van der Waals surface area contributed by atoms with Crippen LogP contribution in [0.15, 0.2) is 104 Å². The number of furan rings is 2. The van der Waals surface area contributed by atoms with Crippen molar-refractivity contribution in [3.8, 4) is 11.5 Å². The van der Waals surface area contributed by atoms with Crippen LogP contribution in [0, 0.1) is 0 Å². The van der Waals surface area contributed by atoms with Crippen LogP contribution in [0.4, 0.5) is 0 Å². The number of hydrogen-bond donors (Lipinski definition) is 4. The number of rotatable bonds is 11. The monoisotopic (exact) mass is 574 g/mol. The van der Waals surface area contributed by atoms with Gasteiger partial charge in [-0.25, -0.2) is 20.4 Å². The first-order chi connectivity index (χ1) is 20.3. The van der Waals surface area contributed by atoms with Crippen LogP contribution in [0.2, 0.25) is 0 Å². The summed E-state index contributed by atoms with van der Waals surface area (Å²) in [5, 5.41) is 27.3. The van der Waals surface area contributed by atoms with Crippen molar-refractivity contribution < 1.29 is 47.7 Å². The van der Waals surface area contributed by atoms with Crippen molar-refractivity contribution in [2.24, 2.45) is 10.2 Å². The molecule has 0 aliphatic rings. The fourth-order valence-electron chi connectivity index (χ4n) is 3.11. The summed E-state index contributed by atoms with van der Waals surface area (Å²) in [6, 6.07) is 18.1. The maximum Gasteiger partial charge on any atom is 0.379 e. The molecule has 4 N–H and O–H groups in total. The number of benzene rings is 2. The molecular weight excluding hydrogens is 552 g/mol. The summed E-state index contributed by atoms with van der Waals surface area (Å²) in [5.74, 6) is -3.07. The van der Waals surface area contributed by atoms with Crippen molar-refractivity contribution in [1.82, 2.24) is 10.9 Å². The van der Waals surface area contributed by atoms with Gasteiger partial charge in [-0.15, -0.1) is 0 Å². The maximum atomic E-state index is 12.1. The number of nitrogens with zero attached hydrogens (tertiary/aromatic N) is 2. The summed E-state index contributed by atoms with van der Waals surface area (Å²) in [6.45, 7) is 0. The summed E-state index contributed by atoms with van der Waals surface area (Å²) >= 11 is 0. The number of aliphatic hydroxyl groups is 2. The molecule has 2 atom stereocenters. The zero-order chi connectivity index (χ0) is 29.9. The topological polar surface area (TPSA) is 202 Å². The van der Waals surface area contributed by atoms with Crippen LogP contribution in [0.1, 0.15) is 32.2 Å². The Morgan fingerprint density at radius 2 is 1.02 bits per heavy atom. The number of aliphatic hydroxyl groups excluding tert-OH is 2. The summed E-state index contributed by atoms with van der Waals surface area (Å²) in [5.41, 5.74) is 5.01. The average Bonchev–Trinajstić information content (AvgIpc) is 3.73. The molecule has 14 nitrogen and oxygen atoms in total. The van der Waals surface area contributed by atoms with E-state index in [-0.39, 0.29) is 23.0 Å². The molecule has 0 saturated carbocycles. The van der Waals surface area contributed by atoms with E-state index < -0.39 is 36.0 Å². The molecule has 2 aromatic carbocycles. The lowest BCUT2D eigenvalue weighted by molar-refractivity contribution is -0.146. The van der Waals surface area contributed by atoms with Gasteiger partial charge in [0.25, 0.3) is 11.8 Å². The second kappa shape index (κ2) is 14.0. The van der Waals surface area contributed by atoms with E-state index in [1.165, 1.54) is 85.6 Å². The third-order valence-corrected chi connectivity index (χ3v) is 5.24. The molecule has 2 amide bonds. The molecule has 214 valence electrons. The molecule has 0 unspecified atom stereocenters. The van der Waals surface area contributed by atoms with Gasteiger partial charge in [-0.3, -0.25) is 9.59 Å². The SMILES string of the molecule is O=C(Oc1ccc(/C=N\NC(=O)[C@@H](O)[C@H](O)C(=O)N/N=C\c2ccc(OC(=O)c3ccco3)cc2)cc1)c1ccco1. The minimum Gasteiger partial charge on any atom is -0.457 e. The molecule has 2 heterocycles. The van der Waals surface area contributed by atoms with Crippen LogP contribution in [0.5, 0.6) is 11.5 Å². The number of esters is 2. The molecule has 0 aliphatic carbocycles. The highest BCUT2D eigenvalue weighted by Crippen LogP contribution is 2.15. The van der Waals surface area contributed by atoms with Crippen LogP contribution in [0.3, 0.4) is 0 Å². The summed E-state index contributed by atoms with van der Waals surface area (Å²) < 4.78 is 20.2. The molecule has 14 heteroatoms. The van der Waals surface area contributed by atoms with Gasteiger partial charge in [0.1, 0.15) is 11.5 Å². The van der Waals surface area contributed by atoms with Gasteiger partial charge in [0.15, 0.2) is 12.2 Å². The summed E-state index contributed by atoms with van der Waals surface area (Å²) in [6.07, 6.45) is 0.839. The smallest absolute Gasteiger partial charge is 0.379 e. The largest absolute Gasteiger partial charge is 0.457 e. The minimum atomic E-state index is -2.15. The van der Waals surface area contributed by atoms with Crippen molar-refractivity contribution in [2.45, 2.75) is 12.2 Å². The number of ether oxygens (including phenoxy) is 2. The second-order valence-electron chi connectivity index (χ2n) is 8.23. The Kier molecular flexibility index (Phi) is 9.69. The number of amides is 2. The number of hydrogen-bond acceptors (Lipinski definition) is 12. The van der Waals surface area contributed by atoms with Crippen molar-refractivity contribution in [2.75, 3.05) is 0 Å². The van der Waals surface area contributed by atoms with Gasteiger partial charge in [-0.1, -0.05) is 0 Å². The molecule has 2 aromatic heterocycles. The van der Waals surface area contributed by atoms with E-state index in [1.807, 2.05) is 10.9 Å². The third-order valence-electron chi connectivity index (χ3n) is 5.24. The molecule has 4 aromatic rings. The van der Waals surface area contributed by atoms with Crippen LogP contribution in [0.25, 0.3) is 0 Å².